The van der Waals surface area contributed by atoms with Crippen molar-refractivity contribution in [3.8, 4) is 0 Å². The monoisotopic (exact) mass is 357 g/mol. The molecule has 20 heavy (non-hydrogen) atoms. The normalized spacial score (nSPS) is 11.3. The number of nitrogen functional groups attached to an aromatic ring is 1. The van der Waals surface area contributed by atoms with Gasteiger partial charge in [0, 0.05) is 11.0 Å². The van der Waals surface area contributed by atoms with E-state index in [4.69, 9.17) is 5.84 Å². The van der Waals surface area contributed by atoms with Crippen molar-refractivity contribution in [2.24, 2.45) is 5.84 Å². The van der Waals surface area contributed by atoms with Crippen molar-refractivity contribution < 1.29 is 8.42 Å². The molecule has 106 valence electrons. The summed E-state index contributed by atoms with van der Waals surface area (Å²) in [6, 6.07) is 7.35. The summed E-state index contributed by atoms with van der Waals surface area (Å²) in [5.74, 6) is 5.26. The van der Waals surface area contributed by atoms with E-state index in [1.807, 2.05) is 24.3 Å². The van der Waals surface area contributed by atoms with Crippen molar-refractivity contribution in [2.45, 2.75) is 11.4 Å². The molecule has 0 bridgehead atoms. The molecule has 9 heteroatoms. The molecule has 0 fully saturated rings. The molecule has 0 unspecified atom stereocenters. The first-order valence-electron chi connectivity index (χ1n) is 5.54. The molecule has 7 nitrogen and oxygen atoms in total. The average Bonchev–Trinajstić information content (AvgIpc) is 2.46. The van der Waals surface area contributed by atoms with E-state index >= 15 is 0 Å². The summed E-state index contributed by atoms with van der Waals surface area (Å²) in [5, 5.41) is 0. The molecule has 0 aliphatic carbocycles. The van der Waals surface area contributed by atoms with E-state index in [1.54, 1.807) is 0 Å². The van der Waals surface area contributed by atoms with Crippen molar-refractivity contribution >= 4 is 31.9 Å². The molecular formula is C11H12BrN5O2S. The van der Waals surface area contributed by atoms with Gasteiger partial charge in [-0.25, -0.2) is 29.0 Å². The highest BCUT2D eigenvalue weighted by molar-refractivity contribution is 9.10. The molecule has 1 aromatic heterocycles. The van der Waals surface area contributed by atoms with Crippen LogP contribution in [0.1, 0.15) is 5.56 Å². The number of sulfonamides is 1. The Morgan fingerprint density at radius 2 is 1.85 bits per heavy atom. The van der Waals surface area contributed by atoms with Crippen molar-refractivity contribution in [3.05, 3.63) is 46.7 Å². The Kier molecular flexibility index (Phi) is 4.65. The second-order valence-electron chi connectivity index (χ2n) is 3.80. The van der Waals surface area contributed by atoms with E-state index in [2.05, 4.69) is 36.0 Å². The first-order valence-corrected chi connectivity index (χ1v) is 7.82. The molecule has 0 saturated heterocycles. The third kappa shape index (κ3) is 3.51. The Labute approximate surface area is 124 Å². The molecule has 0 aliphatic rings. The van der Waals surface area contributed by atoms with Crippen LogP contribution in [0.15, 0.2) is 46.0 Å². The van der Waals surface area contributed by atoms with Crippen LogP contribution in [0.5, 0.6) is 0 Å². The van der Waals surface area contributed by atoms with Gasteiger partial charge in [0.05, 0.1) is 12.4 Å². The maximum Gasteiger partial charge on any atom is 0.243 e. The van der Waals surface area contributed by atoms with Crippen molar-refractivity contribution in [1.29, 1.82) is 0 Å². The summed E-state index contributed by atoms with van der Waals surface area (Å²) in [6.07, 6.45) is 2.37. The van der Waals surface area contributed by atoms with Crippen LogP contribution in [0.4, 0.5) is 5.95 Å². The van der Waals surface area contributed by atoms with Gasteiger partial charge in [0.15, 0.2) is 0 Å². The van der Waals surface area contributed by atoms with Crippen molar-refractivity contribution in [2.75, 3.05) is 5.43 Å². The van der Waals surface area contributed by atoms with Crippen LogP contribution >= 0.6 is 15.9 Å². The number of hydrazine groups is 1. The predicted octanol–water partition coefficient (Wildman–Crippen LogP) is 1.00. The fourth-order valence-corrected chi connectivity index (χ4v) is 2.75. The Balaban J connectivity index is 2.13. The Morgan fingerprint density at radius 3 is 2.45 bits per heavy atom. The number of aromatic nitrogens is 2. The molecule has 0 aliphatic heterocycles. The smallest absolute Gasteiger partial charge is 0.243 e. The number of benzene rings is 1. The minimum Gasteiger partial charge on any atom is -0.292 e. The molecule has 0 saturated carbocycles. The molecule has 2 rings (SSSR count). The highest BCUT2D eigenvalue weighted by Crippen LogP contribution is 2.16. The van der Waals surface area contributed by atoms with Crippen LogP contribution in [-0.2, 0) is 16.6 Å². The van der Waals surface area contributed by atoms with E-state index < -0.39 is 10.0 Å². The summed E-state index contributed by atoms with van der Waals surface area (Å²) >= 11 is 3.36. The topological polar surface area (TPSA) is 110 Å². The zero-order valence-electron chi connectivity index (χ0n) is 10.2. The third-order valence-electron chi connectivity index (χ3n) is 2.48. The summed E-state index contributed by atoms with van der Waals surface area (Å²) in [6.45, 7) is 0.167. The van der Waals surface area contributed by atoms with Gasteiger partial charge in [0.1, 0.15) is 4.90 Å². The van der Waals surface area contributed by atoms with Crippen LogP contribution < -0.4 is 16.0 Å². The number of halogens is 1. The lowest BCUT2D eigenvalue weighted by Gasteiger charge is -2.08. The molecule has 0 atom stereocenters. The highest BCUT2D eigenvalue weighted by Gasteiger charge is 2.15. The van der Waals surface area contributed by atoms with E-state index in [9.17, 15) is 8.42 Å². The number of nitrogens with two attached hydrogens (primary N) is 1. The van der Waals surface area contributed by atoms with Gasteiger partial charge >= 0.3 is 0 Å². The molecule has 0 radical (unpaired) electrons. The van der Waals surface area contributed by atoms with Crippen molar-refractivity contribution in [1.82, 2.24) is 14.7 Å². The quantitative estimate of drug-likeness (QED) is 0.543. The van der Waals surface area contributed by atoms with Gasteiger partial charge in [-0.05, 0) is 11.6 Å². The van der Waals surface area contributed by atoms with Gasteiger partial charge in [-0.3, -0.25) is 5.43 Å². The Morgan fingerprint density at radius 1 is 1.20 bits per heavy atom. The van der Waals surface area contributed by atoms with E-state index in [-0.39, 0.29) is 17.4 Å². The zero-order chi connectivity index (χ0) is 14.6. The van der Waals surface area contributed by atoms with Crippen LogP contribution in [-0.4, -0.2) is 18.4 Å². The summed E-state index contributed by atoms with van der Waals surface area (Å²) in [7, 11) is -3.66. The first kappa shape index (κ1) is 14.9. The third-order valence-corrected chi connectivity index (χ3v) is 4.61. The minimum absolute atomic E-state index is 0.0245. The number of nitrogens with one attached hydrogen (secondary N) is 2. The lowest BCUT2D eigenvalue weighted by molar-refractivity contribution is 0.580. The number of nitrogens with zero attached hydrogens (tertiary/aromatic N) is 2. The number of anilines is 1. The van der Waals surface area contributed by atoms with Gasteiger partial charge in [-0.1, -0.05) is 34.1 Å². The van der Waals surface area contributed by atoms with E-state index in [0.29, 0.717) is 0 Å². The molecule has 0 spiro atoms. The summed E-state index contributed by atoms with van der Waals surface area (Å²) in [5.41, 5.74) is 3.06. The lowest BCUT2D eigenvalue weighted by atomic mass is 10.2. The number of rotatable bonds is 5. The second-order valence-corrected chi connectivity index (χ2v) is 6.42. The van der Waals surface area contributed by atoms with E-state index in [1.165, 1.54) is 12.4 Å². The second kappa shape index (κ2) is 6.27. The fourth-order valence-electron chi connectivity index (χ4n) is 1.43. The molecule has 2 aromatic rings. The summed E-state index contributed by atoms with van der Waals surface area (Å²) in [4.78, 5) is 7.50. The molecule has 4 N–H and O–H groups in total. The minimum atomic E-state index is -3.66. The van der Waals surface area contributed by atoms with Crippen LogP contribution in [0, 0.1) is 0 Å². The van der Waals surface area contributed by atoms with Gasteiger partial charge < -0.3 is 0 Å². The molecule has 0 amide bonds. The van der Waals surface area contributed by atoms with Crippen LogP contribution in [0.2, 0.25) is 0 Å². The highest BCUT2D eigenvalue weighted by atomic mass is 79.9. The Bertz CT molecular complexity index is 690. The number of hydrogen-bond donors (Lipinski definition) is 3. The zero-order valence-corrected chi connectivity index (χ0v) is 12.6. The Hall–Kier alpha value is -1.55. The maximum atomic E-state index is 12.1. The van der Waals surface area contributed by atoms with Crippen molar-refractivity contribution in [3.63, 3.8) is 0 Å². The van der Waals surface area contributed by atoms with Gasteiger partial charge in [0.2, 0.25) is 16.0 Å². The maximum absolute atomic E-state index is 12.1. The first-order chi connectivity index (χ1) is 9.53. The SMILES string of the molecule is NNc1ncc(S(=O)(=O)NCc2ccccc2Br)cn1. The average molecular weight is 358 g/mol. The van der Waals surface area contributed by atoms with Gasteiger partial charge in [0.25, 0.3) is 0 Å². The molecule has 1 aromatic carbocycles. The predicted molar refractivity (Wildman–Crippen MR) is 78.0 cm³/mol. The largest absolute Gasteiger partial charge is 0.292 e. The van der Waals surface area contributed by atoms with Crippen LogP contribution in [0.3, 0.4) is 0 Å². The van der Waals surface area contributed by atoms with Crippen LogP contribution in [0.25, 0.3) is 0 Å². The van der Waals surface area contributed by atoms with E-state index in [0.717, 1.165) is 10.0 Å². The number of hydrogen-bond acceptors (Lipinski definition) is 6. The van der Waals surface area contributed by atoms with Gasteiger partial charge in [-0.15, -0.1) is 0 Å². The molecule has 1 heterocycles. The molecular weight excluding hydrogens is 346 g/mol. The standard InChI is InChI=1S/C11H12BrN5O2S/c12-10-4-2-1-3-8(10)5-16-20(18,19)9-6-14-11(17-13)15-7-9/h1-4,6-7,16H,5,13H2,(H,14,15,17). The lowest BCUT2D eigenvalue weighted by Crippen LogP contribution is -2.24. The summed E-state index contributed by atoms with van der Waals surface area (Å²) < 4.78 is 27.4. The fraction of sp³-hybridized carbons (Fsp3) is 0.0909. The van der Waals surface area contributed by atoms with Gasteiger partial charge in [-0.2, -0.15) is 0 Å².